The van der Waals surface area contributed by atoms with Gasteiger partial charge in [0.1, 0.15) is 6.33 Å². The van der Waals surface area contributed by atoms with Crippen LogP contribution in [0.1, 0.15) is 6.92 Å². The quantitative estimate of drug-likeness (QED) is 0.877. The molecule has 1 amide bonds. The first-order chi connectivity index (χ1) is 9.61. The summed E-state index contributed by atoms with van der Waals surface area (Å²) in [4.78, 5) is 18.9. The predicted molar refractivity (Wildman–Crippen MR) is 74.4 cm³/mol. The molecule has 1 aromatic carbocycles. The van der Waals surface area contributed by atoms with Gasteiger partial charge in [0, 0.05) is 6.92 Å². The molecule has 0 fully saturated rings. The van der Waals surface area contributed by atoms with Crippen molar-refractivity contribution in [3.63, 3.8) is 0 Å². The van der Waals surface area contributed by atoms with E-state index in [9.17, 15) is 4.79 Å². The van der Waals surface area contributed by atoms with Crippen molar-refractivity contribution in [2.45, 2.75) is 6.92 Å². The first kappa shape index (κ1) is 14.1. The Balaban J connectivity index is 2.35. The zero-order valence-corrected chi connectivity index (χ0v) is 11.6. The van der Waals surface area contributed by atoms with Gasteiger partial charge in [-0.05, 0) is 12.1 Å². The van der Waals surface area contributed by atoms with Gasteiger partial charge < -0.3 is 14.8 Å². The Kier molecular flexibility index (Phi) is 4.37. The van der Waals surface area contributed by atoms with Gasteiger partial charge >= 0.3 is 0 Å². The number of carbonyl (C=O) groups excluding carboxylic acids is 1. The summed E-state index contributed by atoms with van der Waals surface area (Å²) < 4.78 is 10.7. The highest BCUT2D eigenvalue weighted by molar-refractivity contribution is 6.31. The number of aromatic nitrogens is 2. The lowest BCUT2D eigenvalue weighted by molar-refractivity contribution is -0.114. The van der Waals surface area contributed by atoms with E-state index >= 15 is 0 Å². The van der Waals surface area contributed by atoms with Gasteiger partial charge in [-0.1, -0.05) is 23.7 Å². The number of hydrogen-bond donors (Lipinski definition) is 1. The molecule has 0 radical (unpaired) electrons. The van der Waals surface area contributed by atoms with Gasteiger partial charge in [-0.3, -0.25) is 4.79 Å². The number of benzene rings is 1. The minimum Gasteiger partial charge on any atom is -0.489 e. The summed E-state index contributed by atoms with van der Waals surface area (Å²) in [5.74, 6) is 0.626. The number of nitrogens with one attached hydrogen (secondary N) is 1. The number of para-hydroxylation sites is 2. The lowest BCUT2D eigenvalue weighted by Gasteiger charge is -2.12. The van der Waals surface area contributed by atoms with Crippen molar-refractivity contribution in [2.75, 3.05) is 12.4 Å². The topological polar surface area (TPSA) is 73.3 Å². The Bertz CT molecular complexity index is 634. The molecule has 1 N–H and O–H groups in total. The summed E-state index contributed by atoms with van der Waals surface area (Å²) in [6.45, 7) is 1.42. The fourth-order valence-corrected chi connectivity index (χ4v) is 1.74. The van der Waals surface area contributed by atoms with Crippen LogP contribution in [0, 0.1) is 0 Å². The molecule has 0 aliphatic rings. The Hall–Kier alpha value is -2.34. The van der Waals surface area contributed by atoms with Crippen LogP contribution in [-0.2, 0) is 4.79 Å². The van der Waals surface area contributed by atoms with E-state index in [-0.39, 0.29) is 22.7 Å². The van der Waals surface area contributed by atoms with E-state index in [2.05, 4.69) is 15.3 Å². The molecule has 6 nitrogen and oxygen atoms in total. The average Bonchev–Trinajstić information content (AvgIpc) is 2.41. The molecule has 0 saturated carbocycles. The zero-order chi connectivity index (χ0) is 14.5. The number of carbonyl (C=O) groups is 1. The van der Waals surface area contributed by atoms with Crippen LogP contribution in [0.15, 0.2) is 30.6 Å². The fraction of sp³-hybridized carbons (Fsp3) is 0.154. The number of halogens is 1. The average molecular weight is 294 g/mol. The Morgan fingerprint density at radius 1 is 1.30 bits per heavy atom. The van der Waals surface area contributed by atoms with Gasteiger partial charge in [-0.25, -0.2) is 4.98 Å². The van der Waals surface area contributed by atoms with Crippen molar-refractivity contribution in [2.24, 2.45) is 0 Å². The standard InChI is InChI=1S/C13H12ClN3O3/c1-8(18)17-9-5-3-4-6-10(9)20-13-11(19-2)12(14)15-7-16-13/h3-7H,1-2H3,(H,17,18). The van der Waals surface area contributed by atoms with Crippen LogP contribution in [0.2, 0.25) is 5.15 Å². The molecule has 0 aliphatic carbocycles. The Morgan fingerprint density at radius 2 is 2.05 bits per heavy atom. The summed E-state index contributed by atoms with van der Waals surface area (Å²) in [7, 11) is 1.44. The molecule has 0 unspecified atom stereocenters. The van der Waals surface area contributed by atoms with E-state index in [1.165, 1.54) is 20.4 Å². The molecular formula is C13H12ClN3O3. The molecule has 7 heteroatoms. The van der Waals surface area contributed by atoms with Crippen LogP contribution in [0.25, 0.3) is 0 Å². The normalized spacial score (nSPS) is 9.95. The monoisotopic (exact) mass is 293 g/mol. The highest BCUT2D eigenvalue weighted by Gasteiger charge is 2.14. The smallest absolute Gasteiger partial charge is 0.267 e. The molecule has 2 rings (SSSR count). The fourth-order valence-electron chi connectivity index (χ4n) is 1.53. The summed E-state index contributed by atoms with van der Waals surface area (Å²) in [5.41, 5.74) is 0.525. The van der Waals surface area contributed by atoms with Gasteiger partial charge in [0.25, 0.3) is 5.88 Å². The van der Waals surface area contributed by atoms with Crippen molar-refractivity contribution < 1.29 is 14.3 Å². The van der Waals surface area contributed by atoms with Gasteiger partial charge in [-0.15, -0.1) is 0 Å². The Labute approximate surface area is 120 Å². The zero-order valence-electron chi connectivity index (χ0n) is 10.9. The van der Waals surface area contributed by atoms with Crippen molar-refractivity contribution in [1.29, 1.82) is 0 Å². The maximum Gasteiger partial charge on any atom is 0.267 e. The molecule has 1 aromatic heterocycles. The largest absolute Gasteiger partial charge is 0.489 e. The maximum absolute atomic E-state index is 11.2. The van der Waals surface area contributed by atoms with Crippen molar-refractivity contribution in [3.05, 3.63) is 35.7 Å². The van der Waals surface area contributed by atoms with Gasteiger partial charge in [0.05, 0.1) is 12.8 Å². The highest BCUT2D eigenvalue weighted by Crippen LogP contribution is 2.36. The van der Waals surface area contributed by atoms with E-state index in [1.54, 1.807) is 24.3 Å². The van der Waals surface area contributed by atoms with Crippen molar-refractivity contribution in [3.8, 4) is 17.4 Å². The summed E-state index contributed by atoms with van der Waals surface area (Å²) in [6.07, 6.45) is 1.27. The van der Waals surface area contributed by atoms with Crippen LogP contribution < -0.4 is 14.8 Å². The number of anilines is 1. The number of methoxy groups -OCH3 is 1. The molecule has 0 atom stereocenters. The van der Waals surface area contributed by atoms with E-state index in [4.69, 9.17) is 21.1 Å². The van der Waals surface area contributed by atoms with E-state index in [0.717, 1.165) is 0 Å². The molecule has 0 bridgehead atoms. The second kappa shape index (κ2) is 6.21. The predicted octanol–water partition coefficient (Wildman–Crippen LogP) is 2.89. The molecule has 2 aromatic rings. The first-order valence-corrected chi connectivity index (χ1v) is 6.08. The molecule has 1 heterocycles. The molecular weight excluding hydrogens is 282 g/mol. The van der Waals surface area contributed by atoms with Crippen LogP contribution in [-0.4, -0.2) is 23.0 Å². The summed E-state index contributed by atoms with van der Waals surface area (Å²) in [5, 5.41) is 2.81. The third-order valence-electron chi connectivity index (χ3n) is 2.34. The van der Waals surface area contributed by atoms with E-state index in [0.29, 0.717) is 11.4 Å². The lowest BCUT2D eigenvalue weighted by atomic mass is 10.3. The maximum atomic E-state index is 11.2. The number of amides is 1. The number of rotatable bonds is 4. The number of ether oxygens (including phenoxy) is 2. The second-order valence-electron chi connectivity index (χ2n) is 3.78. The summed E-state index contributed by atoms with van der Waals surface area (Å²) in [6, 6.07) is 6.96. The van der Waals surface area contributed by atoms with Crippen molar-refractivity contribution >= 4 is 23.2 Å². The van der Waals surface area contributed by atoms with Crippen LogP contribution in [0.5, 0.6) is 17.4 Å². The van der Waals surface area contributed by atoms with Crippen LogP contribution in [0.3, 0.4) is 0 Å². The van der Waals surface area contributed by atoms with E-state index < -0.39 is 0 Å². The summed E-state index contributed by atoms with van der Waals surface area (Å²) >= 11 is 5.89. The number of nitrogens with zero attached hydrogens (tertiary/aromatic N) is 2. The minimum absolute atomic E-state index is 0.148. The first-order valence-electron chi connectivity index (χ1n) is 5.70. The third-order valence-corrected chi connectivity index (χ3v) is 2.61. The molecule has 20 heavy (non-hydrogen) atoms. The minimum atomic E-state index is -0.200. The molecule has 0 spiro atoms. The Morgan fingerprint density at radius 3 is 2.75 bits per heavy atom. The van der Waals surface area contributed by atoms with E-state index in [1.807, 2.05) is 0 Å². The van der Waals surface area contributed by atoms with Crippen LogP contribution >= 0.6 is 11.6 Å². The van der Waals surface area contributed by atoms with Crippen molar-refractivity contribution in [1.82, 2.24) is 9.97 Å². The lowest BCUT2D eigenvalue weighted by Crippen LogP contribution is -2.07. The highest BCUT2D eigenvalue weighted by atomic mass is 35.5. The SMILES string of the molecule is COc1c(Cl)ncnc1Oc1ccccc1NC(C)=O. The van der Waals surface area contributed by atoms with Gasteiger partial charge in [0.2, 0.25) is 11.7 Å². The third kappa shape index (κ3) is 3.16. The van der Waals surface area contributed by atoms with Crippen LogP contribution in [0.4, 0.5) is 5.69 Å². The molecule has 0 aliphatic heterocycles. The molecule has 0 saturated heterocycles. The molecule has 104 valence electrons. The number of hydrogen-bond acceptors (Lipinski definition) is 5. The van der Waals surface area contributed by atoms with Gasteiger partial charge in [0.15, 0.2) is 10.9 Å². The van der Waals surface area contributed by atoms with Gasteiger partial charge in [-0.2, -0.15) is 4.98 Å². The second-order valence-corrected chi connectivity index (χ2v) is 4.14.